The predicted octanol–water partition coefficient (Wildman–Crippen LogP) is 4.34. The second-order valence-corrected chi connectivity index (χ2v) is 4.07. The lowest BCUT2D eigenvalue weighted by atomic mass is 9.90. The summed E-state index contributed by atoms with van der Waals surface area (Å²) < 4.78 is 0. The lowest BCUT2D eigenvalue weighted by Gasteiger charge is -2.18. The molecule has 1 nitrogen and oxygen atoms in total. The molecule has 1 aliphatic rings. The molecule has 0 saturated heterocycles. The van der Waals surface area contributed by atoms with Gasteiger partial charge in [0.2, 0.25) is 0 Å². The molecule has 0 heterocycles. The van der Waals surface area contributed by atoms with Crippen LogP contribution < -0.4 is 0 Å². The van der Waals surface area contributed by atoms with Gasteiger partial charge in [0.05, 0.1) is 5.76 Å². The van der Waals surface area contributed by atoms with E-state index in [1.165, 1.54) is 44.1 Å². The summed E-state index contributed by atoms with van der Waals surface area (Å²) in [4.78, 5) is 0. The summed E-state index contributed by atoms with van der Waals surface area (Å²) in [5.74, 6) is 0.711. The minimum atomic E-state index is 0.711. The first-order valence-corrected chi connectivity index (χ1v) is 5.74. The number of hydrogen-bond donors (Lipinski definition) is 1. The fraction of sp³-hybridized carbons (Fsp3) is 0.833. The van der Waals surface area contributed by atoms with Crippen molar-refractivity contribution < 1.29 is 5.11 Å². The fourth-order valence-electron chi connectivity index (χ4n) is 1.71. The fourth-order valence-corrected chi connectivity index (χ4v) is 1.71. The SMILES string of the molecule is CCCCCCCC(O)=C1CCC1. The number of hydrogen-bond acceptors (Lipinski definition) is 1. The molecule has 0 amide bonds. The van der Waals surface area contributed by atoms with Crippen LogP contribution in [0.15, 0.2) is 11.3 Å². The zero-order valence-electron chi connectivity index (χ0n) is 8.81. The minimum Gasteiger partial charge on any atom is -0.512 e. The highest BCUT2D eigenvalue weighted by Crippen LogP contribution is 2.29. The van der Waals surface area contributed by atoms with Crippen molar-refractivity contribution in [2.75, 3.05) is 0 Å². The quantitative estimate of drug-likeness (QED) is 0.478. The van der Waals surface area contributed by atoms with Crippen molar-refractivity contribution >= 4 is 0 Å². The molecule has 1 saturated carbocycles. The molecule has 13 heavy (non-hydrogen) atoms. The molecule has 0 radical (unpaired) electrons. The number of aliphatic hydroxyl groups excluding tert-OH is 1. The van der Waals surface area contributed by atoms with E-state index in [0.29, 0.717) is 5.76 Å². The molecule has 0 bridgehead atoms. The van der Waals surface area contributed by atoms with Gasteiger partial charge in [0, 0.05) is 6.42 Å². The average molecular weight is 182 g/mol. The summed E-state index contributed by atoms with van der Waals surface area (Å²) in [6.07, 6.45) is 11.0. The zero-order chi connectivity index (χ0) is 9.52. The van der Waals surface area contributed by atoms with Crippen molar-refractivity contribution in [1.82, 2.24) is 0 Å². The first kappa shape index (κ1) is 10.6. The van der Waals surface area contributed by atoms with E-state index >= 15 is 0 Å². The molecular weight excluding hydrogens is 160 g/mol. The van der Waals surface area contributed by atoms with Crippen LogP contribution in [0.2, 0.25) is 0 Å². The Bertz CT molecular complexity index is 164. The molecule has 0 aromatic rings. The van der Waals surface area contributed by atoms with Crippen LogP contribution in [-0.4, -0.2) is 5.11 Å². The normalized spacial score (nSPS) is 15.6. The molecule has 76 valence electrons. The monoisotopic (exact) mass is 182 g/mol. The molecule has 0 atom stereocenters. The molecule has 0 aromatic heterocycles. The third-order valence-corrected chi connectivity index (χ3v) is 2.88. The van der Waals surface area contributed by atoms with Crippen LogP contribution in [0.1, 0.15) is 64.7 Å². The molecule has 0 unspecified atom stereocenters. The predicted molar refractivity (Wildman–Crippen MR) is 56.9 cm³/mol. The smallest absolute Gasteiger partial charge is 0.0914 e. The highest BCUT2D eigenvalue weighted by Gasteiger charge is 2.13. The Morgan fingerprint density at radius 1 is 1.15 bits per heavy atom. The van der Waals surface area contributed by atoms with Crippen LogP contribution in [0.3, 0.4) is 0 Å². The van der Waals surface area contributed by atoms with E-state index < -0.39 is 0 Å². The summed E-state index contributed by atoms with van der Waals surface area (Å²) in [6.45, 7) is 2.23. The van der Waals surface area contributed by atoms with Gasteiger partial charge in [0.1, 0.15) is 0 Å². The highest BCUT2D eigenvalue weighted by molar-refractivity contribution is 5.13. The Morgan fingerprint density at radius 2 is 1.85 bits per heavy atom. The average Bonchev–Trinajstić information content (AvgIpc) is 2.01. The molecule has 1 N–H and O–H groups in total. The summed E-state index contributed by atoms with van der Waals surface area (Å²) >= 11 is 0. The molecule has 1 rings (SSSR count). The van der Waals surface area contributed by atoms with Gasteiger partial charge in [-0.1, -0.05) is 32.6 Å². The summed E-state index contributed by atoms with van der Waals surface area (Å²) in [7, 11) is 0. The van der Waals surface area contributed by atoms with E-state index in [-0.39, 0.29) is 0 Å². The number of allylic oxidation sites excluding steroid dienone is 2. The molecule has 0 aliphatic heterocycles. The van der Waals surface area contributed by atoms with Crippen LogP contribution in [0.4, 0.5) is 0 Å². The van der Waals surface area contributed by atoms with Gasteiger partial charge >= 0.3 is 0 Å². The van der Waals surface area contributed by atoms with Gasteiger partial charge in [-0.3, -0.25) is 0 Å². The lowest BCUT2D eigenvalue weighted by Crippen LogP contribution is -2.01. The first-order valence-electron chi connectivity index (χ1n) is 5.74. The Kier molecular flexibility index (Phi) is 4.95. The minimum absolute atomic E-state index is 0.711. The van der Waals surface area contributed by atoms with Crippen LogP contribution in [0, 0.1) is 0 Å². The molecule has 1 fully saturated rings. The van der Waals surface area contributed by atoms with Crippen molar-refractivity contribution in [2.24, 2.45) is 0 Å². The third kappa shape index (κ3) is 3.84. The maximum Gasteiger partial charge on any atom is 0.0914 e. The lowest BCUT2D eigenvalue weighted by molar-refractivity contribution is 0.358. The number of unbranched alkanes of at least 4 members (excludes halogenated alkanes) is 4. The topological polar surface area (TPSA) is 20.2 Å². The summed E-state index contributed by atoms with van der Waals surface area (Å²) in [5.41, 5.74) is 1.33. The van der Waals surface area contributed by atoms with Gasteiger partial charge in [-0.2, -0.15) is 0 Å². The van der Waals surface area contributed by atoms with Crippen LogP contribution >= 0.6 is 0 Å². The van der Waals surface area contributed by atoms with Gasteiger partial charge in [-0.05, 0) is 31.3 Å². The van der Waals surface area contributed by atoms with Gasteiger partial charge in [-0.15, -0.1) is 0 Å². The van der Waals surface area contributed by atoms with Crippen molar-refractivity contribution in [3.05, 3.63) is 11.3 Å². The molecule has 1 heteroatoms. The van der Waals surface area contributed by atoms with Crippen molar-refractivity contribution in [1.29, 1.82) is 0 Å². The number of rotatable bonds is 6. The van der Waals surface area contributed by atoms with Crippen LogP contribution in [-0.2, 0) is 0 Å². The maximum absolute atomic E-state index is 9.61. The third-order valence-electron chi connectivity index (χ3n) is 2.88. The Hall–Kier alpha value is -0.460. The van der Waals surface area contributed by atoms with E-state index in [2.05, 4.69) is 6.92 Å². The van der Waals surface area contributed by atoms with Crippen LogP contribution in [0.25, 0.3) is 0 Å². The zero-order valence-corrected chi connectivity index (χ0v) is 8.81. The highest BCUT2D eigenvalue weighted by atomic mass is 16.3. The molecule has 0 spiro atoms. The molecule has 1 aliphatic carbocycles. The standard InChI is InChI=1S/C12H22O/c1-2-3-4-5-6-10-12(13)11-8-7-9-11/h13H,2-10H2,1H3. The van der Waals surface area contributed by atoms with E-state index in [9.17, 15) is 5.11 Å². The Labute approximate surface area is 81.9 Å². The van der Waals surface area contributed by atoms with E-state index in [1.807, 2.05) is 0 Å². The van der Waals surface area contributed by atoms with Gasteiger partial charge in [0.25, 0.3) is 0 Å². The second-order valence-electron chi connectivity index (χ2n) is 4.07. The second kappa shape index (κ2) is 6.06. The molecular formula is C12H22O. The largest absolute Gasteiger partial charge is 0.512 e. The molecule has 0 aromatic carbocycles. The Balaban J connectivity index is 1.99. The van der Waals surface area contributed by atoms with Gasteiger partial charge < -0.3 is 5.11 Å². The first-order chi connectivity index (χ1) is 6.34. The van der Waals surface area contributed by atoms with Crippen molar-refractivity contribution in [2.45, 2.75) is 64.7 Å². The van der Waals surface area contributed by atoms with Crippen molar-refractivity contribution in [3.8, 4) is 0 Å². The van der Waals surface area contributed by atoms with Crippen molar-refractivity contribution in [3.63, 3.8) is 0 Å². The maximum atomic E-state index is 9.61. The van der Waals surface area contributed by atoms with Gasteiger partial charge in [0.15, 0.2) is 0 Å². The summed E-state index contributed by atoms with van der Waals surface area (Å²) in [5, 5.41) is 9.61. The van der Waals surface area contributed by atoms with Crippen LogP contribution in [0.5, 0.6) is 0 Å². The van der Waals surface area contributed by atoms with E-state index in [4.69, 9.17) is 0 Å². The number of aliphatic hydroxyl groups is 1. The summed E-state index contributed by atoms with van der Waals surface area (Å²) in [6, 6.07) is 0. The Morgan fingerprint density at radius 3 is 2.38 bits per heavy atom. The van der Waals surface area contributed by atoms with E-state index in [0.717, 1.165) is 19.3 Å². The van der Waals surface area contributed by atoms with E-state index in [1.54, 1.807) is 0 Å². The van der Waals surface area contributed by atoms with Gasteiger partial charge in [-0.25, -0.2) is 0 Å².